The molecule has 1 atom stereocenters. The van der Waals surface area contributed by atoms with Gasteiger partial charge in [-0.15, -0.1) is 0 Å². The standard InChI is InChI=1S/C28H30ClNO7/c1-16(2)19-15-37-21-13-22(36-11-7-10-35-3)20(29)12-18(21)25-23(19)26(31)24(28(33)34)27(32)30(25)14-17-8-5-4-6-9-17/h4-6,8-9,12-13,16,19,31H,7,10-11,14-15H2,1-3H3,(H,33,34). The van der Waals surface area contributed by atoms with Crippen molar-refractivity contribution in [2.24, 2.45) is 5.92 Å². The molecule has 37 heavy (non-hydrogen) atoms. The number of hydrogen-bond acceptors (Lipinski definition) is 6. The van der Waals surface area contributed by atoms with Gasteiger partial charge in [0.1, 0.15) is 17.2 Å². The fourth-order valence-corrected chi connectivity index (χ4v) is 4.82. The molecule has 0 spiro atoms. The van der Waals surface area contributed by atoms with E-state index in [0.717, 1.165) is 5.56 Å². The second-order valence-corrected chi connectivity index (χ2v) is 9.71. The summed E-state index contributed by atoms with van der Waals surface area (Å²) in [5.74, 6) is -1.61. The zero-order valence-electron chi connectivity index (χ0n) is 21.0. The SMILES string of the molecule is COCCCOc1cc2c(cc1Cl)-c1c(c(O)c(C(=O)O)c(=O)n1Cc1ccccc1)C(C(C)C)CO2. The number of halogens is 1. The Morgan fingerprint density at radius 1 is 1.22 bits per heavy atom. The van der Waals surface area contributed by atoms with Crippen LogP contribution >= 0.6 is 11.6 Å². The molecule has 0 saturated heterocycles. The van der Waals surface area contributed by atoms with Gasteiger partial charge >= 0.3 is 5.97 Å². The van der Waals surface area contributed by atoms with E-state index in [0.29, 0.717) is 53.0 Å². The van der Waals surface area contributed by atoms with Gasteiger partial charge in [-0.25, -0.2) is 4.79 Å². The summed E-state index contributed by atoms with van der Waals surface area (Å²) < 4.78 is 18.5. The van der Waals surface area contributed by atoms with Crippen molar-refractivity contribution in [1.82, 2.24) is 4.57 Å². The zero-order chi connectivity index (χ0) is 26.7. The Labute approximate surface area is 220 Å². The van der Waals surface area contributed by atoms with Crippen LogP contribution in [0.15, 0.2) is 47.3 Å². The van der Waals surface area contributed by atoms with Crippen molar-refractivity contribution in [3.8, 4) is 28.5 Å². The van der Waals surface area contributed by atoms with Crippen molar-refractivity contribution in [3.63, 3.8) is 0 Å². The van der Waals surface area contributed by atoms with Crippen LogP contribution in [-0.2, 0) is 11.3 Å². The molecule has 0 fully saturated rings. The molecule has 1 unspecified atom stereocenters. The lowest BCUT2D eigenvalue weighted by atomic mass is 9.85. The van der Waals surface area contributed by atoms with Crippen LogP contribution in [0.2, 0.25) is 5.02 Å². The van der Waals surface area contributed by atoms with E-state index in [9.17, 15) is 19.8 Å². The Bertz CT molecular complexity index is 1350. The Kier molecular flexibility index (Phi) is 8.10. The van der Waals surface area contributed by atoms with Gasteiger partial charge in [-0.1, -0.05) is 55.8 Å². The first-order valence-corrected chi connectivity index (χ1v) is 12.5. The molecule has 196 valence electrons. The maximum absolute atomic E-state index is 13.6. The molecule has 0 amide bonds. The first-order chi connectivity index (χ1) is 17.7. The highest BCUT2D eigenvalue weighted by Crippen LogP contribution is 2.48. The average molecular weight is 528 g/mol. The average Bonchev–Trinajstić information content (AvgIpc) is 3.02. The Balaban J connectivity index is 1.99. The van der Waals surface area contributed by atoms with Crippen molar-refractivity contribution in [1.29, 1.82) is 0 Å². The lowest BCUT2D eigenvalue weighted by molar-refractivity contribution is 0.0690. The summed E-state index contributed by atoms with van der Waals surface area (Å²) in [5, 5.41) is 21.4. The molecular weight excluding hydrogens is 498 g/mol. The smallest absolute Gasteiger partial charge is 0.345 e. The second kappa shape index (κ2) is 11.3. The number of hydrogen-bond donors (Lipinski definition) is 2. The molecule has 0 radical (unpaired) electrons. The number of carboxylic acid groups (broad SMARTS) is 1. The van der Waals surface area contributed by atoms with Gasteiger partial charge in [-0.05, 0) is 17.5 Å². The lowest BCUT2D eigenvalue weighted by Crippen LogP contribution is -2.31. The molecule has 1 aliphatic heterocycles. The first kappa shape index (κ1) is 26.6. The minimum atomic E-state index is -1.49. The minimum Gasteiger partial charge on any atom is -0.506 e. The summed E-state index contributed by atoms with van der Waals surface area (Å²) in [7, 11) is 1.62. The Hall–Kier alpha value is -3.49. The maximum Gasteiger partial charge on any atom is 0.345 e. The molecule has 0 aliphatic carbocycles. The number of benzene rings is 2. The van der Waals surface area contributed by atoms with Crippen LogP contribution in [0.4, 0.5) is 0 Å². The summed E-state index contributed by atoms with van der Waals surface area (Å²) in [6.07, 6.45) is 0.672. The first-order valence-electron chi connectivity index (χ1n) is 12.1. The van der Waals surface area contributed by atoms with E-state index in [2.05, 4.69) is 0 Å². The maximum atomic E-state index is 13.6. The van der Waals surface area contributed by atoms with E-state index in [1.54, 1.807) is 19.2 Å². The molecule has 1 aromatic heterocycles. The van der Waals surface area contributed by atoms with Gasteiger partial charge in [0.25, 0.3) is 5.56 Å². The van der Waals surface area contributed by atoms with Crippen LogP contribution in [0.3, 0.4) is 0 Å². The van der Waals surface area contributed by atoms with Gasteiger partial charge in [-0.3, -0.25) is 4.79 Å². The molecule has 3 aromatic rings. The van der Waals surface area contributed by atoms with E-state index >= 15 is 0 Å². The summed E-state index contributed by atoms with van der Waals surface area (Å²) in [4.78, 5) is 25.7. The quantitative estimate of drug-likeness (QED) is 0.370. The van der Waals surface area contributed by atoms with Crippen molar-refractivity contribution in [2.75, 3.05) is 26.9 Å². The van der Waals surface area contributed by atoms with Crippen LogP contribution < -0.4 is 15.0 Å². The van der Waals surface area contributed by atoms with Crippen LogP contribution in [0.25, 0.3) is 11.3 Å². The van der Waals surface area contributed by atoms with Crippen molar-refractivity contribution in [3.05, 3.63) is 74.5 Å². The third-order valence-corrected chi connectivity index (χ3v) is 6.80. The van der Waals surface area contributed by atoms with E-state index in [1.165, 1.54) is 4.57 Å². The number of rotatable bonds is 9. The van der Waals surface area contributed by atoms with Crippen molar-refractivity contribution >= 4 is 17.6 Å². The molecule has 2 N–H and O–H groups in total. The summed E-state index contributed by atoms with van der Waals surface area (Å²) in [5.41, 5.74) is 0.548. The van der Waals surface area contributed by atoms with Gasteiger partial charge in [0.2, 0.25) is 0 Å². The molecule has 1 aliphatic rings. The number of aromatic carboxylic acids is 1. The molecule has 0 bridgehead atoms. The third kappa shape index (κ3) is 5.31. The number of carboxylic acids is 1. The highest BCUT2D eigenvalue weighted by Gasteiger charge is 2.36. The van der Waals surface area contributed by atoms with Crippen LogP contribution in [0.5, 0.6) is 17.2 Å². The largest absolute Gasteiger partial charge is 0.506 e. The summed E-state index contributed by atoms with van der Waals surface area (Å²) >= 11 is 6.61. The van der Waals surface area contributed by atoms with Crippen molar-refractivity contribution in [2.45, 2.75) is 32.7 Å². The zero-order valence-corrected chi connectivity index (χ0v) is 21.7. The van der Waals surface area contributed by atoms with Gasteiger partial charge in [0.15, 0.2) is 5.56 Å². The van der Waals surface area contributed by atoms with E-state index in [1.807, 2.05) is 44.2 Å². The number of carbonyl (C=O) groups is 1. The number of pyridine rings is 1. The highest BCUT2D eigenvalue weighted by atomic mass is 35.5. The molecule has 2 heterocycles. The molecule has 2 aromatic carbocycles. The van der Waals surface area contributed by atoms with E-state index in [-0.39, 0.29) is 19.1 Å². The second-order valence-electron chi connectivity index (χ2n) is 9.30. The van der Waals surface area contributed by atoms with Gasteiger partial charge < -0.3 is 29.0 Å². The number of aromatic hydroxyl groups is 1. The normalized spacial score (nSPS) is 14.5. The molecule has 4 rings (SSSR count). The monoisotopic (exact) mass is 527 g/mol. The Morgan fingerprint density at radius 3 is 2.59 bits per heavy atom. The van der Waals surface area contributed by atoms with E-state index in [4.69, 9.17) is 25.8 Å². The van der Waals surface area contributed by atoms with E-state index < -0.39 is 28.8 Å². The predicted octanol–water partition coefficient (Wildman–Crippen LogP) is 5.17. The summed E-state index contributed by atoms with van der Waals surface area (Å²) in [6, 6.07) is 12.6. The third-order valence-electron chi connectivity index (χ3n) is 6.51. The molecule has 0 saturated carbocycles. The van der Waals surface area contributed by atoms with Gasteiger partial charge in [0, 0.05) is 43.2 Å². The highest BCUT2D eigenvalue weighted by molar-refractivity contribution is 6.32. The molecule has 8 nitrogen and oxygen atoms in total. The molecule has 9 heteroatoms. The number of aromatic nitrogens is 1. The summed E-state index contributed by atoms with van der Waals surface area (Å²) in [6.45, 7) is 5.10. The van der Waals surface area contributed by atoms with Crippen LogP contribution in [0, 0.1) is 5.92 Å². The number of fused-ring (bicyclic) bond motifs is 3. The lowest BCUT2D eigenvalue weighted by Gasteiger charge is -2.25. The number of nitrogens with zero attached hydrogens (tertiary/aromatic N) is 1. The number of ether oxygens (including phenoxy) is 3. The minimum absolute atomic E-state index is 0.0384. The van der Waals surface area contributed by atoms with Gasteiger partial charge in [-0.2, -0.15) is 0 Å². The fraction of sp³-hybridized carbons (Fsp3) is 0.357. The topological polar surface area (TPSA) is 107 Å². The Morgan fingerprint density at radius 2 is 1.95 bits per heavy atom. The fourth-order valence-electron chi connectivity index (χ4n) is 4.61. The molecular formula is C28H30ClNO7. The van der Waals surface area contributed by atoms with Crippen LogP contribution in [0.1, 0.15) is 47.7 Å². The van der Waals surface area contributed by atoms with Crippen LogP contribution in [-0.4, -0.2) is 47.7 Å². The number of methoxy groups -OCH3 is 1. The predicted molar refractivity (Wildman–Crippen MR) is 140 cm³/mol. The van der Waals surface area contributed by atoms with Crippen molar-refractivity contribution < 1.29 is 29.2 Å². The van der Waals surface area contributed by atoms with Gasteiger partial charge in [0.05, 0.1) is 30.5 Å².